The largest absolute Gasteiger partial charge is 0.0925 e. The molecule has 0 spiro atoms. The number of rotatable bonds is 3. The molecule has 0 nitrogen and oxygen atoms in total. The molecular formula is C12H13BrCl2. The molecule has 1 aromatic carbocycles. The van der Waals surface area contributed by atoms with Crippen LogP contribution in [0.1, 0.15) is 25.3 Å². The standard InChI is InChI=1S/C12H13BrCl2/c1-2-12(6-9(12)7-13)8-3-4-10(14)11(15)5-8/h3-5,9H,2,6-7H2,1H3. The van der Waals surface area contributed by atoms with Crippen molar-refractivity contribution in [1.82, 2.24) is 0 Å². The van der Waals surface area contributed by atoms with Gasteiger partial charge in [0.25, 0.3) is 0 Å². The fourth-order valence-electron chi connectivity index (χ4n) is 2.38. The highest BCUT2D eigenvalue weighted by Crippen LogP contribution is 2.57. The predicted molar refractivity (Wildman–Crippen MR) is 70.3 cm³/mol. The second kappa shape index (κ2) is 4.27. The highest BCUT2D eigenvalue weighted by Gasteiger charge is 2.52. The predicted octanol–water partition coefficient (Wildman–Crippen LogP) is 5.06. The molecule has 2 atom stereocenters. The molecule has 15 heavy (non-hydrogen) atoms. The van der Waals surface area contributed by atoms with Crippen LogP contribution < -0.4 is 0 Å². The van der Waals surface area contributed by atoms with E-state index in [9.17, 15) is 0 Å². The Balaban J connectivity index is 2.33. The van der Waals surface area contributed by atoms with Crippen molar-refractivity contribution >= 4 is 39.1 Å². The smallest absolute Gasteiger partial charge is 0.0595 e. The Labute approximate surface area is 109 Å². The van der Waals surface area contributed by atoms with Gasteiger partial charge in [-0.25, -0.2) is 0 Å². The summed E-state index contributed by atoms with van der Waals surface area (Å²) < 4.78 is 0. The normalized spacial score (nSPS) is 29.2. The number of hydrogen-bond acceptors (Lipinski definition) is 0. The van der Waals surface area contributed by atoms with Gasteiger partial charge in [-0.1, -0.05) is 52.1 Å². The van der Waals surface area contributed by atoms with Crippen LogP contribution in [0.25, 0.3) is 0 Å². The monoisotopic (exact) mass is 306 g/mol. The van der Waals surface area contributed by atoms with Crippen molar-refractivity contribution in [3.8, 4) is 0 Å². The van der Waals surface area contributed by atoms with Crippen LogP contribution in [0.3, 0.4) is 0 Å². The first-order chi connectivity index (χ1) is 7.14. The summed E-state index contributed by atoms with van der Waals surface area (Å²) in [4.78, 5) is 0. The molecule has 3 heteroatoms. The van der Waals surface area contributed by atoms with Crippen LogP contribution in [-0.4, -0.2) is 5.33 Å². The topological polar surface area (TPSA) is 0 Å². The van der Waals surface area contributed by atoms with Gasteiger partial charge in [0.05, 0.1) is 10.0 Å². The third kappa shape index (κ3) is 1.94. The zero-order valence-electron chi connectivity index (χ0n) is 8.56. The second-order valence-electron chi connectivity index (χ2n) is 4.19. The first kappa shape index (κ1) is 11.8. The van der Waals surface area contributed by atoms with Gasteiger partial charge in [0.2, 0.25) is 0 Å². The summed E-state index contributed by atoms with van der Waals surface area (Å²) in [5.74, 6) is 0.750. The molecule has 0 saturated heterocycles. The molecule has 82 valence electrons. The molecule has 0 radical (unpaired) electrons. The van der Waals surface area contributed by atoms with Crippen molar-refractivity contribution < 1.29 is 0 Å². The molecule has 1 fully saturated rings. The van der Waals surface area contributed by atoms with Crippen molar-refractivity contribution in [3.05, 3.63) is 33.8 Å². The molecule has 1 aliphatic carbocycles. The molecule has 0 N–H and O–H groups in total. The molecule has 0 heterocycles. The summed E-state index contributed by atoms with van der Waals surface area (Å²) in [6.07, 6.45) is 2.42. The van der Waals surface area contributed by atoms with E-state index in [0.717, 1.165) is 11.2 Å². The summed E-state index contributed by atoms with van der Waals surface area (Å²) in [7, 11) is 0. The van der Waals surface area contributed by atoms with Crippen molar-refractivity contribution in [3.63, 3.8) is 0 Å². The minimum absolute atomic E-state index is 0.345. The number of halogens is 3. The average Bonchev–Trinajstić information content (AvgIpc) is 2.97. The summed E-state index contributed by atoms with van der Waals surface area (Å²) in [5.41, 5.74) is 1.68. The lowest BCUT2D eigenvalue weighted by Gasteiger charge is -2.15. The maximum absolute atomic E-state index is 6.05. The van der Waals surface area contributed by atoms with Gasteiger partial charge < -0.3 is 0 Å². The van der Waals surface area contributed by atoms with Crippen LogP contribution in [-0.2, 0) is 5.41 Å². The lowest BCUT2D eigenvalue weighted by atomic mass is 9.91. The SMILES string of the molecule is CCC1(c2ccc(Cl)c(Cl)c2)CC1CBr. The molecular weight excluding hydrogens is 295 g/mol. The van der Waals surface area contributed by atoms with Crippen LogP contribution in [0.5, 0.6) is 0 Å². The summed E-state index contributed by atoms with van der Waals surface area (Å²) in [6, 6.07) is 6.04. The van der Waals surface area contributed by atoms with E-state index >= 15 is 0 Å². The fourth-order valence-corrected chi connectivity index (χ4v) is 3.53. The molecule has 1 saturated carbocycles. The van der Waals surface area contributed by atoms with E-state index < -0.39 is 0 Å². The number of benzene rings is 1. The van der Waals surface area contributed by atoms with E-state index in [-0.39, 0.29) is 0 Å². The quantitative estimate of drug-likeness (QED) is 0.685. The Hall–Kier alpha value is 0.280. The second-order valence-corrected chi connectivity index (χ2v) is 5.66. The van der Waals surface area contributed by atoms with Crippen LogP contribution in [0.15, 0.2) is 18.2 Å². The van der Waals surface area contributed by atoms with Gasteiger partial charge in [-0.3, -0.25) is 0 Å². The molecule has 0 amide bonds. The Kier molecular flexibility index (Phi) is 3.35. The van der Waals surface area contributed by atoms with Gasteiger partial charge in [0, 0.05) is 5.33 Å². The molecule has 0 bridgehead atoms. The van der Waals surface area contributed by atoms with Crippen molar-refractivity contribution in [2.45, 2.75) is 25.2 Å². The van der Waals surface area contributed by atoms with Crippen LogP contribution in [0.2, 0.25) is 10.0 Å². The first-order valence-corrected chi connectivity index (χ1v) is 7.03. The maximum Gasteiger partial charge on any atom is 0.0595 e. The summed E-state index contributed by atoms with van der Waals surface area (Å²) in [6.45, 7) is 2.24. The maximum atomic E-state index is 6.05. The Bertz CT molecular complexity index is 378. The minimum Gasteiger partial charge on any atom is -0.0925 e. The highest BCUT2D eigenvalue weighted by atomic mass is 79.9. The van der Waals surface area contributed by atoms with Gasteiger partial charge in [-0.05, 0) is 41.9 Å². The van der Waals surface area contributed by atoms with E-state index in [2.05, 4.69) is 28.9 Å². The van der Waals surface area contributed by atoms with Gasteiger partial charge in [0.15, 0.2) is 0 Å². The molecule has 1 aromatic rings. The van der Waals surface area contributed by atoms with E-state index in [1.54, 1.807) is 0 Å². The zero-order valence-corrected chi connectivity index (χ0v) is 11.7. The first-order valence-electron chi connectivity index (χ1n) is 5.15. The lowest BCUT2D eigenvalue weighted by Crippen LogP contribution is -2.09. The lowest BCUT2D eigenvalue weighted by molar-refractivity contribution is 0.612. The van der Waals surface area contributed by atoms with Crippen LogP contribution >= 0.6 is 39.1 Å². The highest BCUT2D eigenvalue weighted by molar-refractivity contribution is 9.09. The summed E-state index contributed by atoms with van der Waals surface area (Å²) in [5, 5.41) is 2.38. The fraction of sp³-hybridized carbons (Fsp3) is 0.500. The van der Waals surface area contributed by atoms with Gasteiger partial charge >= 0.3 is 0 Å². The molecule has 0 aliphatic heterocycles. The summed E-state index contributed by atoms with van der Waals surface area (Å²) >= 11 is 15.5. The van der Waals surface area contributed by atoms with Crippen molar-refractivity contribution in [2.24, 2.45) is 5.92 Å². The van der Waals surface area contributed by atoms with Crippen LogP contribution in [0.4, 0.5) is 0 Å². The van der Waals surface area contributed by atoms with E-state index in [4.69, 9.17) is 23.2 Å². The average molecular weight is 308 g/mol. The van der Waals surface area contributed by atoms with E-state index in [0.29, 0.717) is 15.5 Å². The molecule has 2 rings (SSSR count). The van der Waals surface area contributed by atoms with Crippen molar-refractivity contribution in [2.75, 3.05) is 5.33 Å². The third-order valence-corrected chi connectivity index (χ3v) is 5.06. The molecule has 2 unspecified atom stereocenters. The minimum atomic E-state index is 0.345. The van der Waals surface area contributed by atoms with Crippen LogP contribution in [0, 0.1) is 5.92 Å². The Morgan fingerprint density at radius 1 is 1.40 bits per heavy atom. The number of alkyl halides is 1. The zero-order chi connectivity index (χ0) is 11.1. The molecule has 0 aromatic heterocycles. The van der Waals surface area contributed by atoms with E-state index in [1.165, 1.54) is 18.4 Å². The van der Waals surface area contributed by atoms with Crippen molar-refractivity contribution in [1.29, 1.82) is 0 Å². The van der Waals surface area contributed by atoms with E-state index in [1.807, 2.05) is 12.1 Å². The number of hydrogen-bond donors (Lipinski definition) is 0. The van der Waals surface area contributed by atoms with Gasteiger partial charge in [0.1, 0.15) is 0 Å². The van der Waals surface area contributed by atoms with Gasteiger partial charge in [-0.2, -0.15) is 0 Å². The van der Waals surface area contributed by atoms with Gasteiger partial charge in [-0.15, -0.1) is 0 Å². The molecule has 1 aliphatic rings. The Morgan fingerprint density at radius 2 is 2.13 bits per heavy atom. The Morgan fingerprint density at radius 3 is 2.60 bits per heavy atom. The third-order valence-electron chi connectivity index (χ3n) is 3.54.